The van der Waals surface area contributed by atoms with Crippen molar-refractivity contribution in [1.82, 2.24) is 4.98 Å². The summed E-state index contributed by atoms with van der Waals surface area (Å²) < 4.78 is 6.27. The highest BCUT2D eigenvalue weighted by Gasteiger charge is 2.03. The lowest BCUT2D eigenvalue weighted by Crippen LogP contribution is -1.92. The Labute approximate surface area is 99.5 Å². The molecule has 0 bridgehead atoms. The summed E-state index contributed by atoms with van der Waals surface area (Å²) in [6.45, 7) is 0.418. The molecule has 1 N–H and O–H groups in total. The SMILES string of the molecule is Oc1ccccc1OCc1cnc(Br)s1. The molecule has 0 saturated heterocycles. The van der Waals surface area contributed by atoms with E-state index in [0.717, 1.165) is 8.79 Å². The zero-order valence-corrected chi connectivity index (χ0v) is 10.1. The minimum absolute atomic E-state index is 0.154. The zero-order chi connectivity index (χ0) is 10.7. The van der Waals surface area contributed by atoms with Crippen molar-refractivity contribution in [2.45, 2.75) is 6.61 Å². The number of hydrogen-bond acceptors (Lipinski definition) is 4. The van der Waals surface area contributed by atoms with E-state index >= 15 is 0 Å². The van der Waals surface area contributed by atoms with Gasteiger partial charge in [0.05, 0.1) is 4.88 Å². The average molecular weight is 286 g/mol. The van der Waals surface area contributed by atoms with Crippen molar-refractivity contribution < 1.29 is 9.84 Å². The second-order valence-electron chi connectivity index (χ2n) is 2.84. The first-order chi connectivity index (χ1) is 7.25. The average Bonchev–Trinajstić information content (AvgIpc) is 2.63. The van der Waals surface area contributed by atoms with Gasteiger partial charge in [0, 0.05) is 6.20 Å². The van der Waals surface area contributed by atoms with Crippen LogP contribution in [0.15, 0.2) is 34.4 Å². The number of nitrogens with zero attached hydrogens (tertiary/aromatic N) is 1. The Morgan fingerprint density at radius 1 is 1.40 bits per heavy atom. The van der Waals surface area contributed by atoms with E-state index in [2.05, 4.69) is 20.9 Å². The van der Waals surface area contributed by atoms with E-state index in [0.29, 0.717) is 12.4 Å². The molecule has 0 radical (unpaired) electrons. The van der Waals surface area contributed by atoms with Gasteiger partial charge in [-0.05, 0) is 28.1 Å². The van der Waals surface area contributed by atoms with E-state index in [1.807, 2.05) is 6.07 Å². The fourth-order valence-corrected chi connectivity index (χ4v) is 2.35. The fourth-order valence-electron chi connectivity index (χ4n) is 1.08. The number of benzene rings is 1. The molecule has 0 spiro atoms. The van der Waals surface area contributed by atoms with Crippen LogP contribution in [-0.2, 0) is 6.61 Å². The summed E-state index contributed by atoms with van der Waals surface area (Å²) >= 11 is 4.79. The van der Waals surface area contributed by atoms with Crippen molar-refractivity contribution in [3.63, 3.8) is 0 Å². The van der Waals surface area contributed by atoms with Gasteiger partial charge in [-0.1, -0.05) is 12.1 Å². The molecule has 0 fully saturated rings. The molecule has 1 heterocycles. The number of hydrogen-bond donors (Lipinski definition) is 1. The monoisotopic (exact) mass is 285 g/mol. The molecule has 0 aliphatic heterocycles. The number of halogens is 1. The van der Waals surface area contributed by atoms with Crippen molar-refractivity contribution in [3.05, 3.63) is 39.3 Å². The second-order valence-corrected chi connectivity index (χ2v) is 5.23. The predicted molar refractivity (Wildman–Crippen MR) is 62.3 cm³/mol. The summed E-state index contributed by atoms with van der Waals surface area (Å²) in [5, 5.41) is 9.45. The van der Waals surface area contributed by atoms with Gasteiger partial charge in [0.25, 0.3) is 0 Å². The van der Waals surface area contributed by atoms with Crippen LogP contribution in [-0.4, -0.2) is 10.1 Å². The molecule has 78 valence electrons. The van der Waals surface area contributed by atoms with E-state index in [-0.39, 0.29) is 5.75 Å². The lowest BCUT2D eigenvalue weighted by molar-refractivity contribution is 0.292. The Hall–Kier alpha value is -1.07. The Morgan fingerprint density at radius 3 is 2.87 bits per heavy atom. The molecule has 1 aromatic carbocycles. The molecule has 0 amide bonds. The molecule has 1 aromatic heterocycles. The normalized spacial score (nSPS) is 10.2. The van der Waals surface area contributed by atoms with Crippen LogP contribution in [0.25, 0.3) is 0 Å². The Kier molecular flexibility index (Phi) is 3.23. The van der Waals surface area contributed by atoms with Crippen LogP contribution in [0.1, 0.15) is 4.88 Å². The number of thiazole rings is 1. The lowest BCUT2D eigenvalue weighted by Gasteiger charge is -2.05. The van der Waals surface area contributed by atoms with Crippen LogP contribution in [0.4, 0.5) is 0 Å². The van der Waals surface area contributed by atoms with E-state index < -0.39 is 0 Å². The minimum Gasteiger partial charge on any atom is -0.504 e. The highest BCUT2D eigenvalue weighted by Crippen LogP contribution is 2.26. The van der Waals surface area contributed by atoms with Crippen LogP contribution < -0.4 is 4.74 Å². The summed E-state index contributed by atoms with van der Waals surface area (Å²) in [6.07, 6.45) is 1.74. The van der Waals surface area contributed by atoms with Gasteiger partial charge in [-0.15, -0.1) is 11.3 Å². The lowest BCUT2D eigenvalue weighted by atomic mass is 10.3. The van der Waals surface area contributed by atoms with E-state index in [4.69, 9.17) is 4.74 Å². The maximum Gasteiger partial charge on any atom is 0.161 e. The summed E-state index contributed by atoms with van der Waals surface area (Å²) in [5.74, 6) is 0.642. The molecule has 0 saturated carbocycles. The quantitative estimate of drug-likeness (QED) is 0.942. The molecule has 2 aromatic rings. The number of rotatable bonds is 3. The van der Waals surface area contributed by atoms with E-state index in [9.17, 15) is 5.11 Å². The number of ether oxygens (including phenoxy) is 1. The smallest absolute Gasteiger partial charge is 0.161 e. The minimum atomic E-state index is 0.154. The second kappa shape index (κ2) is 4.63. The standard InChI is InChI=1S/C10H8BrNO2S/c11-10-12-5-7(15-10)6-14-9-4-2-1-3-8(9)13/h1-5,13H,6H2. The number of para-hydroxylation sites is 2. The Morgan fingerprint density at radius 2 is 2.20 bits per heavy atom. The first-order valence-electron chi connectivity index (χ1n) is 4.27. The summed E-state index contributed by atoms with van der Waals surface area (Å²) in [7, 11) is 0. The highest BCUT2D eigenvalue weighted by molar-refractivity contribution is 9.11. The molecule has 0 unspecified atom stereocenters. The summed E-state index contributed by atoms with van der Waals surface area (Å²) in [4.78, 5) is 5.05. The Balaban J connectivity index is 2.02. The molecular weight excluding hydrogens is 278 g/mol. The van der Waals surface area contributed by atoms with Crippen LogP contribution in [0.5, 0.6) is 11.5 Å². The van der Waals surface area contributed by atoms with E-state index in [1.165, 1.54) is 11.3 Å². The van der Waals surface area contributed by atoms with Gasteiger partial charge in [-0.3, -0.25) is 0 Å². The maximum absolute atomic E-state index is 9.45. The van der Waals surface area contributed by atoms with Crippen molar-refractivity contribution in [3.8, 4) is 11.5 Å². The topological polar surface area (TPSA) is 42.4 Å². The number of phenolic OH excluding ortho intramolecular Hbond substituents is 1. The van der Waals surface area contributed by atoms with Gasteiger partial charge >= 0.3 is 0 Å². The van der Waals surface area contributed by atoms with Crippen molar-refractivity contribution in [2.24, 2.45) is 0 Å². The number of aromatic hydroxyl groups is 1. The maximum atomic E-state index is 9.45. The summed E-state index contributed by atoms with van der Waals surface area (Å²) in [5.41, 5.74) is 0. The van der Waals surface area contributed by atoms with Crippen LogP contribution in [0.2, 0.25) is 0 Å². The highest BCUT2D eigenvalue weighted by atomic mass is 79.9. The van der Waals surface area contributed by atoms with Crippen molar-refractivity contribution >= 4 is 27.3 Å². The molecule has 0 aliphatic rings. The van der Waals surface area contributed by atoms with Crippen molar-refractivity contribution in [2.75, 3.05) is 0 Å². The third-order valence-electron chi connectivity index (χ3n) is 1.76. The third-order valence-corrected chi connectivity index (χ3v) is 3.21. The van der Waals surface area contributed by atoms with Crippen LogP contribution >= 0.6 is 27.3 Å². The third kappa shape index (κ3) is 2.70. The molecule has 0 atom stereocenters. The Bertz CT molecular complexity index is 458. The van der Waals surface area contributed by atoms with Gasteiger partial charge in [-0.25, -0.2) is 4.98 Å². The molecule has 5 heteroatoms. The van der Waals surface area contributed by atoms with E-state index in [1.54, 1.807) is 24.4 Å². The van der Waals surface area contributed by atoms with Gasteiger partial charge < -0.3 is 9.84 Å². The van der Waals surface area contributed by atoms with Gasteiger partial charge in [0.2, 0.25) is 0 Å². The first-order valence-corrected chi connectivity index (χ1v) is 5.87. The molecule has 0 aliphatic carbocycles. The van der Waals surface area contributed by atoms with Gasteiger partial charge in [0.15, 0.2) is 15.4 Å². The summed E-state index contributed by atoms with van der Waals surface area (Å²) in [6, 6.07) is 6.90. The molecule has 15 heavy (non-hydrogen) atoms. The van der Waals surface area contributed by atoms with Gasteiger partial charge in [-0.2, -0.15) is 0 Å². The molecule has 2 rings (SSSR count). The molecule has 3 nitrogen and oxygen atoms in total. The van der Waals surface area contributed by atoms with Gasteiger partial charge in [0.1, 0.15) is 6.61 Å². The number of aromatic nitrogens is 1. The van der Waals surface area contributed by atoms with Crippen LogP contribution in [0.3, 0.4) is 0 Å². The molecular formula is C10H8BrNO2S. The zero-order valence-electron chi connectivity index (χ0n) is 7.68. The largest absolute Gasteiger partial charge is 0.504 e. The van der Waals surface area contributed by atoms with Crippen LogP contribution in [0, 0.1) is 0 Å². The number of phenols is 1. The first kappa shape index (κ1) is 10.4. The predicted octanol–water partition coefficient (Wildman–Crippen LogP) is 3.19. The van der Waals surface area contributed by atoms with Crippen molar-refractivity contribution in [1.29, 1.82) is 0 Å². The fraction of sp³-hybridized carbons (Fsp3) is 0.100.